The van der Waals surface area contributed by atoms with Gasteiger partial charge in [0.1, 0.15) is 67.0 Å². The number of Topliss-reactive ketones (excluding diaryl/α,β-unsaturated/α-hetero) is 2. The molecule has 4 aliphatic heterocycles. The van der Waals surface area contributed by atoms with E-state index >= 15 is 0 Å². The number of ether oxygens (including phenoxy) is 4. The van der Waals surface area contributed by atoms with Crippen molar-refractivity contribution in [3.63, 3.8) is 0 Å². The zero-order valence-corrected chi connectivity index (χ0v) is 60.3. The van der Waals surface area contributed by atoms with E-state index in [2.05, 4.69) is 33.9 Å². The third-order valence-corrected chi connectivity index (χ3v) is 20.2. The molecule has 0 bridgehead atoms. The lowest BCUT2D eigenvalue weighted by Crippen LogP contribution is -2.64. The number of hydrogen-bond acceptors (Lipinski definition) is 29. The molecular weight excluding hydrogens is 1390 g/mol. The van der Waals surface area contributed by atoms with Crippen molar-refractivity contribution in [3.05, 3.63) is 0 Å². The van der Waals surface area contributed by atoms with E-state index in [1.807, 2.05) is 0 Å². The number of β-amino-alcohol motifs (C(OH)–C–C–N with tert-alkyl or cyclic N) is 1. The lowest BCUT2D eigenvalue weighted by atomic mass is 9.93. The van der Waals surface area contributed by atoms with Gasteiger partial charge in [0.05, 0.1) is 63.9 Å². The molecule has 4 rings (SSSR count). The van der Waals surface area contributed by atoms with Crippen molar-refractivity contribution in [3.8, 4) is 0 Å². The summed E-state index contributed by atoms with van der Waals surface area (Å²) >= 11 is 8.99. The number of nitrogens with one attached hydrogen (secondary N) is 4. The quantitative estimate of drug-likeness (QED) is 0.0186. The van der Waals surface area contributed by atoms with Gasteiger partial charge in [0.25, 0.3) is 7.82 Å². The first kappa shape index (κ1) is 88.1. The van der Waals surface area contributed by atoms with Gasteiger partial charge in [-0.3, -0.25) is 42.9 Å². The van der Waals surface area contributed by atoms with Gasteiger partial charge < -0.3 is 119 Å². The topological polar surface area (TPSA) is 490 Å². The fraction of sp³-hybridized carbons (Fsp3) is 0.871. The van der Waals surface area contributed by atoms with Crippen LogP contribution in [-0.2, 0) is 91.8 Å². The van der Waals surface area contributed by atoms with Crippen LogP contribution >= 0.6 is 27.2 Å². The first-order chi connectivity index (χ1) is 47.1. The predicted octanol–water partition coefficient (Wildman–Crippen LogP) is -1.55. The van der Waals surface area contributed by atoms with Gasteiger partial charge in [-0.15, -0.1) is 0 Å². The molecule has 0 aromatic heterocycles. The Balaban J connectivity index is 1.15. The number of thiol groups is 1. The van der Waals surface area contributed by atoms with Gasteiger partial charge in [-0.2, -0.15) is 12.6 Å². The number of aliphatic hydroxyl groups is 8. The molecule has 99 heavy (non-hydrogen) atoms. The zero-order chi connectivity index (χ0) is 73.1. The number of unbranched alkanes of at least 4 members (excludes halogenated alkanes) is 8. The van der Waals surface area contributed by atoms with Gasteiger partial charge in [-0.1, -0.05) is 37.5 Å². The summed E-state index contributed by atoms with van der Waals surface area (Å²) in [6.45, 7) is -3.80. The predicted molar refractivity (Wildman–Crippen MR) is 356 cm³/mol. The Bertz CT molecular complexity index is 2580. The molecule has 6 amide bonds. The molecule has 572 valence electrons. The van der Waals surface area contributed by atoms with Crippen LogP contribution in [0.3, 0.4) is 0 Å². The highest BCUT2D eigenvalue weighted by molar-refractivity contribution is 8.06. The summed E-state index contributed by atoms with van der Waals surface area (Å²) in [6, 6.07) is -3.74. The van der Waals surface area contributed by atoms with E-state index in [1.165, 1.54) is 23.6 Å². The third kappa shape index (κ3) is 33.1. The summed E-state index contributed by atoms with van der Waals surface area (Å²) in [7, 11) is -5.03. The second-order valence-corrected chi connectivity index (χ2v) is 30.0. The smallest absolute Gasteiger partial charge is 0.268 e. The van der Waals surface area contributed by atoms with Gasteiger partial charge in [0.15, 0.2) is 12.6 Å². The molecule has 17 atom stereocenters. The Morgan fingerprint density at radius 3 is 1.65 bits per heavy atom. The first-order valence-electron chi connectivity index (χ1n) is 34.5. The van der Waals surface area contributed by atoms with Gasteiger partial charge in [0.2, 0.25) is 35.4 Å². The molecule has 0 spiro atoms. The van der Waals surface area contributed by atoms with Crippen molar-refractivity contribution in [1.82, 2.24) is 31.1 Å². The Labute approximate surface area is 589 Å². The largest absolute Gasteiger partial charge is 0.780 e. The maximum atomic E-state index is 13.6. The van der Waals surface area contributed by atoms with Gasteiger partial charge >= 0.3 is 0 Å². The molecule has 12 N–H and O–H groups in total. The molecule has 4 saturated heterocycles. The van der Waals surface area contributed by atoms with Crippen LogP contribution in [-0.4, -0.2) is 268 Å². The average molecular weight is 1500 g/mol. The molecule has 10 unspecified atom stereocenters. The number of phosphoric ester groups is 1. The highest BCUT2D eigenvalue weighted by Gasteiger charge is 2.47. The van der Waals surface area contributed by atoms with E-state index in [-0.39, 0.29) is 120 Å². The normalized spacial score (nSPS) is 27.0. The summed E-state index contributed by atoms with van der Waals surface area (Å²) in [5.41, 5.74) is 0. The number of likely N-dealkylation sites (tertiary alicyclic amines) is 2. The standard InChI is InChI=1S/C62H110N6O27P2S2/c1-40(72)65-54-58(82)56(80)49(36-70)93-61(54)88-27-14-10-20-46(75)31-42(17-9-13-24-63-51(77)21-11-15-28-89-62-55(66-41(2)73)59(83)57(81)50(37-71)94-62)60(84)64-25-12-5-7-19-45(74)18-6-3-4-8-22-52(78)67-34-47(76)32-43(67)38-91-96(85,86)95-48-33-44(39-92-97(87,99)90-29-26-69)68(35-48)53(79)23-16-30-98/h42-44,47-50,54-59,61-62,69-71,76,80-83,98H,3-39H2,1-2H3,(H,63,77)(H,64,84)(H,65,72)(H,66,73)(H,85,86)(H,87,99)/p-2/t42-,43?,44?,47-,48-,49?,50?,54?,55?,56+,57?,58-,59?,61-,62-,97?/m1/s1. The van der Waals surface area contributed by atoms with Gasteiger partial charge in [0, 0.05) is 104 Å². The number of carbonyl (C=O) groups is 8. The van der Waals surface area contributed by atoms with Crippen molar-refractivity contribution >= 4 is 86.0 Å². The molecule has 0 saturated carbocycles. The highest BCUT2D eigenvalue weighted by Crippen LogP contribution is 2.45. The number of hydrogen-bond donors (Lipinski definition) is 13. The molecule has 4 heterocycles. The van der Waals surface area contributed by atoms with E-state index in [0.29, 0.717) is 128 Å². The number of rotatable bonds is 51. The maximum Gasteiger partial charge on any atom is 0.268 e. The third-order valence-electron chi connectivity index (χ3n) is 17.3. The molecule has 0 aromatic carbocycles. The molecular formula is C62H108N6O27P2S2-2. The Kier molecular flexibility index (Phi) is 42.0. The summed E-state index contributed by atoms with van der Waals surface area (Å²) in [5, 5.41) is 91.0. The number of phosphoric acid groups is 1. The van der Waals surface area contributed by atoms with Crippen molar-refractivity contribution in [2.75, 3.05) is 84.8 Å². The van der Waals surface area contributed by atoms with Crippen LogP contribution in [0.1, 0.15) is 168 Å². The van der Waals surface area contributed by atoms with Crippen molar-refractivity contribution in [2.45, 2.75) is 254 Å². The molecule has 33 nitrogen and oxygen atoms in total. The van der Waals surface area contributed by atoms with Crippen molar-refractivity contribution < 1.29 is 131 Å². The summed E-state index contributed by atoms with van der Waals surface area (Å²) in [6.07, 6.45) is -3.72. The Morgan fingerprint density at radius 2 is 1.08 bits per heavy atom. The van der Waals surface area contributed by atoms with Gasteiger partial charge in [-0.05, 0) is 89.2 Å². The lowest BCUT2D eigenvalue weighted by Gasteiger charge is -2.42. The van der Waals surface area contributed by atoms with E-state index in [4.69, 9.17) is 54.0 Å². The van der Waals surface area contributed by atoms with Crippen LogP contribution in [0.4, 0.5) is 0 Å². The van der Waals surface area contributed by atoms with Gasteiger partial charge in [-0.25, -0.2) is 0 Å². The zero-order valence-electron chi connectivity index (χ0n) is 56.8. The molecule has 0 aromatic rings. The number of amides is 6. The van der Waals surface area contributed by atoms with E-state index in [0.717, 1.165) is 0 Å². The SMILES string of the molecule is CC(=O)NC1C(O)C(O)C(CO)O[C@H]1OCCCCC(=O)NCCCC[C@H](CC(=O)CCCCO[C@@H]1OC(CO)[C@H](O)[C@H](O)C1NC(C)=O)C(=O)NCCCCCC(=O)CCCCCCC(=O)N1C[C@H](O)CC1COP(=O)([O-])O[C@@H]1CC(COP([O-])(=S)OCCO)N(C(=O)CCCS)C1. The van der Waals surface area contributed by atoms with Crippen molar-refractivity contribution in [2.24, 2.45) is 5.92 Å². The van der Waals surface area contributed by atoms with Crippen LogP contribution in [0.2, 0.25) is 0 Å². The van der Waals surface area contributed by atoms with Crippen LogP contribution in [0.5, 0.6) is 0 Å². The first-order valence-corrected chi connectivity index (χ1v) is 39.1. The van der Waals surface area contributed by atoms with E-state index in [1.54, 1.807) is 0 Å². The molecule has 4 aliphatic rings. The second kappa shape index (κ2) is 47.2. The minimum Gasteiger partial charge on any atom is -0.780 e. The maximum absolute atomic E-state index is 13.6. The Hall–Kier alpha value is -3.33. The lowest BCUT2D eigenvalue weighted by molar-refractivity contribution is -0.270. The summed E-state index contributed by atoms with van der Waals surface area (Å²) in [5.74, 6) is -2.51. The monoisotopic (exact) mass is 1490 g/mol. The minimum absolute atomic E-state index is 0.0179. The molecule has 4 fully saturated rings. The summed E-state index contributed by atoms with van der Waals surface area (Å²) < 4.78 is 56.5. The van der Waals surface area contributed by atoms with Crippen molar-refractivity contribution in [1.29, 1.82) is 0 Å². The van der Waals surface area contributed by atoms with Crippen LogP contribution in [0.15, 0.2) is 0 Å². The van der Waals surface area contributed by atoms with Crippen LogP contribution in [0.25, 0.3) is 0 Å². The highest BCUT2D eigenvalue weighted by atomic mass is 32.5. The number of carbonyl (C=O) groups excluding carboxylic acids is 8. The molecule has 37 heteroatoms. The average Bonchev–Trinajstić information content (AvgIpc) is 1.79. The van der Waals surface area contributed by atoms with Crippen LogP contribution in [0, 0.1) is 5.92 Å². The fourth-order valence-electron chi connectivity index (χ4n) is 12.1. The molecule has 0 radical (unpaired) electrons. The molecule has 0 aliphatic carbocycles. The van der Waals surface area contributed by atoms with E-state index < -0.39 is 144 Å². The second-order valence-electron chi connectivity index (χ2n) is 25.5. The summed E-state index contributed by atoms with van der Waals surface area (Å²) in [4.78, 5) is 131. The van der Waals surface area contributed by atoms with Crippen LogP contribution < -0.4 is 31.1 Å². The van der Waals surface area contributed by atoms with E-state index in [9.17, 15) is 88.5 Å². The number of aliphatic hydroxyl groups excluding tert-OH is 8. The fourth-order valence-corrected chi connectivity index (χ4v) is 14.3. The minimum atomic E-state index is -5.03. The number of ketones is 2. The Morgan fingerprint density at radius 1 is 0.586 bits per heavy atom. The number of nitrogens with zero attached hydrogens (tertiary/aromatic N) is 2.